The molecule has 0 saturated heterocycles. The maximum atomic E-state index is 13.8. The highest BCUT2D eigenvalue weighted by Crippen LogP contribution is 2.39. The van der Waals surface area contributed by atoms with Crippen LogP contribution in [-0.4, -0.2) is 42.1 Å². The first-order chi connectivity index (χ1) is 12.5. The van der Waals surface area contributed by atoms with Gasteiger partial charge in [0.15, 0.2) is 0 Å². The molecule has 1 unspecified atom stereocenters. The molecule has 1 aliphatic heterocycles. The number of anilines is 1. The number of rotatable bonds is 9. The topological polar surface area (TPSA) is 43.8 Å². The Labute approximate surface area is 154 Å². The fraction of sp³-hybridized carbons (Fsp3) is 0.381. The van der Waals surface area contributed by atoms with Gasteiger partial charge in [0.1, 0.15) is 5.82 Å². The van der Waals surface area contributed by atoms with Crippen LogP contribution in [-0.2, 0) is 4.79 Å². The molecular formula is C21H27FN2O2. The lowest BCUT2D eigenvalue weighted by Gasteiger charge is -2.22. The fourth-order valence-corrected chi connectivity index (χ4v) is 3.35. The summed E-state index contributed by atoms with van der Waals surface area (Å²) in [6, 6.07) is 4.51. The minimum Gasteiger partial charge on any atom is -0.515 e. The molecule has 1 atom stereocenters. The van der Waals surface area contributed by atoms with Gasteiger partial charge in [-0.3, -0.25) is 4.79 Å². The molecule has 0 saturated carbocycles. The molecule has 2 rings (SSSR count). The molecule has 1 aromatic rings. The Kier molecular flexibility index (Phi) is 7.16. The smallest absolute Gasteiger partial charge is 0.261 e. The van der Waals surface area contributed by atoms with Crippen molar-refractivity contribution in [3.63, 3.8) is 0 Å². The Balaban J connectivity index is 2.19. The summed E-state index contributed by atoms with van der Waals surface area (Å²) in [6.45, 7) is 12.7. The Morgan fingerprint density at radius 1 is 1.42 bits per heavy atom. The molecule has 1 aromatic carbocycles. The third-order valence-corrected chi connectivity index (χ3v) is 4.86. The first-order valence-corrected chi connectivity index (χ1v) is 8.97. The van der Waals surface area contributed by atoms with Crippen LogP contribution < -0.4 is 4.90 Å². The second kappa shape index (κ2) is 9.34. The minimum atomic E-state index is -0.322. The van der Waals surface area contributed by atoms with Crippen LogP contribution in [0.5, 0.6) is 0 Å². The molecule has 0 radical (unpaired) electrons. The van der Waals surface area contributed by atoms with E-state index in [0.717, 1.165) is 44.3 Å². The Bertz CT molecular complexity index is 699. The first kappa shape index (κ1) is 19.9. The molecule has 1 heterocycles. The maximum absolute atomic E-state index is 13.8. The normalized spacial score (nSPS) is 16.7. The van der Waals surface area contributed by atoms with Crippen molar-refractivity contribution in [2.75, 3.05) is 31.1 Å². The van der Waals surface area contributed by atoms with Crippen LogP contribution in [0.15, 0.2) is 55.3 Å². The lowest BCUT2D eigenvalue weighted by molar-refractivity contribution is -0.114. The molecule has 140 valence electrons. The number of carbonyl (C=O) groups is 1. The van der Waals surface area contributed by atoms with Crippen LogP contribution in [0.4, 0.5) is 10.1 Å². The summed E-state index contributed by atoms with van der Waals surface area (Å²) < 4.78 is 13.8. The molecular weight excluding hydrogens is 331 g/mol. The van der Waals surface area contributed by atoms with Gasteiger partial charge in [0.05, 0.1) is 11.8 Å². The van der Waals surface area contributed by atoms with Crippen molar-refractivity contribution < 1.29 is 14.3 Å². The van der Waals surface area contributed by atoms with Gasteiger partial charge in [-0.2, -0.15) is 0 Å². The highest BCUT2D eigenvalue weighted by molar-refractivity contribution is 6.08. The van der Waals surface area contributed by atoms with E-state index in [4.69, 9.17) is 0 Å². The Morgan fingerprint density at radius 2 is 2.19 bits per heavy atom. The highest BCUT2D eigenvalue weighted by Gasteiger charge is 2.33. The predicted molar refractivity (Wildman–Crippen MR) is 104 cm³/mol. The number of carbonyl (C=O) groups excluding carboxylic acids is 1. The fourth-order valence-electron chi connectivity index (χ4n) is 3.35. The molecule has 4 nitrogen and oxygen atoms in total. The van der Waals surface area contributed by atoms with E-state index in [0.29, 0.717) is 12.2 Å². The SMILES string of the molecule is C=CCCN(CC)CCC1CN(C(=O)/C(C=C)=C/O)c2ccc(F)cc21. The highest BCUT2D eigenvalue weighted by atomic mass is 19.1. The number of fused-ring (bicyclic) bond motifs is 1. The zero-order valence-corrected chi connectivity index (χ0v) is 15.3. The van der Waals surface area contributed by atoms with E-state index in [9.17, 15) is 14.3 Å². The van der Waals surface area contributed by atoms with Gasteiger partial charge in [-0.1, -0.05) is 25.7 Å². The first-order valence-electron chi connectivity index (χ1n) is 8.97. The van der Waals surface area contributed by atoms with Gasteiger partial charge in [0, 0.05) is 24.7 Å². The zero-order chi connectivity index (χ0) is 19.1. The van der Waals surface area contributed by atoms with E-state index in [1.54, 1.807) is 11.0 Å². The van der Waals surface area contributed by atoms with Gasteiger partial charge in [-0.05, 0) is 49.7 Å². The molecule has 1 aliphatic rings. The molecule has 1 amide bonds. The van der Waals surface area contributed by atoms with Gasteiger partial charge in [-0.15, -0.1) is 6.58 Å². The number of amides is 1. The van der Waals surface area contributed by atoms with E-state index < -0.39 is 0 Å². The summed E-state index contributed by atoms with van der Waals surface area (Å²) in [5, 5.41) is 9.25. The number of nitrogens with zero attached hydrogens (tertiary/aromatic N) is 2. The molecule has 5 heteroatoms. The lowest BCUT2D eigenvalue weighted by atomic mass is 9.97. The van der Waals surface area contributed by atoms with E-state index in [1.165, 1.54) is 18.2 Å². The van der Waals surface area contributed by atoms with Crippen LogP contribution >= 0.6 is 0 Å². The lowest BCUT2D eigenvalue weighted by Crippen LogP contribution is -2.32. The quantitative estimate of drug-likeness (QED) is 0.312. The van der Waals surface area contributed by atoms with Gasteiger partial charge in [0.25, 0.3) is 5.91 Å². The molecule has 0 fully saturated rings. The monoisotopic (exact) mass is 358 g/mol. The van der Waals surface area contributed by atoms with Crippen LogP contribution in [0.25, 0.3) is 0 Å². The van der Waals surface area contributed by atoms with E-state index >= 15 is 0 Å². The Hall–Kier alpha value is -2.40. The molecule has 26 heavy (non-hydrogen) atoms. The van der Waals surface area contributed by atoms with Crippen molar-refractivity contribution in [3.8, 4) is 0 Å². The van der Waals surface area contributed by atoms with Gasteiger partial charge in [0.2, 0.25) is 0 Å². The molecule has 0 aliphatic carbocycles. The minimum absolute atomic E-state index is 0.0622. The average Bonchev–Trinajstić information content (AvgIpc) is 3.00. The zero-order valence-electron chi connectivity index (χ0n) is 15.3. The van der Waals surface area contributed by atoms with Gasteiger partial charge in [-0.25, -0.2) is 4.39 Å². The maximum Gasteiger partial charge on any atom is 0.261 e. The largest absolute Gasteiger partial charge is 0.515 e. The second-order valence-corrected chi connectivity index (χ2v) is 6.40. The summed E-state index contributed by atoms with van der Waals surface area (Å²) in [4.78, 5) is 16.6. The summed E-state index contributed by atoms with van der Waals surface area (Å²) in [5.74, 6) is -0.562. The number of hydrogen-bond donors (Lipinski definition) is 1. The number of hydrogen-bond acceptors (Lipinski definition) is 3. The molecule has 0 bridgehead atoms. The van der Waals surface area contributed by atoms with Crippen molar-refractivity contribution in [1.82, 2.24) is 4.90 Å². The second-order valence-electron chi connectivity index (χ2n) is 6.40. The van der Waals surface area contributed by atoms with Crippen molar-refractivity contribution in [2.24, 2.45) is 0 Å². The van der Waals surface area contributed by atoms with Crippen LogP contribution in [0.2, 0.25) is 0 Å². The summed E-state index contributed by atoms with van der Waals surface area (Å²) in [6.07, 6.45) is 5.75. The van der Waals surface area contributed by atoms with Crippen LogP contribution in [0.3, 0.4) is 0 Å². The van der Waals surface area contributed by atoms with Gasteiger partial charge < -0.3 is 14.9 Å². The van der Waals surface area contributed by atoms with Crippen molar-refractivity contribution in [1.29, 1.82) is 0 Å². The number of aliphatic hydroxyl groups excluding tert-OH is 1. The average molecular weight is 358 g/mol. The van der Waals surface area contributed by atoms with Crippen molar-refractivity contribution >= 4 is 11.6 Å². The van der Waals surface area contributed by atoms with E-state index in [-0.39, 0.29) is 23.2 Å². The molecule has 1 N–H and O–H groups in total. The Morgan fingerprint density at radius 3 is 2.81 bits per heavy atom. The van der Waals surface area contributed by atoms with Gasteiger partial charge >= 0.3 is 0 Å². The standard InChI is InChI=1S/C21H27FN2O2/c1-4-7-11-23(6-3)12-10-17-14-24(21(26)16(5-2)15-25)20-9-8-18(22)13-19(17)20/h4-5,8-9,13,15,17,25H,1-2,6-7,10-12,14H2,3H3/b16-15+. The van der Waals surface area contributed by atoms with E-state index in [1.807, 2.05) is 6.08 Å². The van der Waals surface area contributed by atoms with Crippen molar-refractivity contribution in [3.05, 3.63) is 66.7 Å². The van der Waals surface area contributed by atoms with Crippen LogP contribution in [0, 0.1) is 5.82 Å². The van der Waals surface area contributed by atoms with Crippen molar-refractivity contribution in [2.45, 2.75) is 25.7 Å². The van der Waals surface area contributed by atoms with E-state index in [2.05, 4.69) is 25.0 Å². The molecule has 0 aromatic heterocycles. The van der Waals surface area contributed by atoms with Crippen LogP contribution in [0.1, 0.15) is 31.2 Å². The third-order valence-electron chi connectivity index (χ3n) is 4.86. The number of aliphatic hydroxyl groups is 1. The summed E-state index contributed by atoms with van der Waals surface area (Å²) in [5.41, 5.74) is 1.68. The summed E-state index contributed by atoms with van der Waals surface area (Å²) >= 11 is 0. The molecule has 0 spiro atoms. The number of benzene rings is 1. The predicted octanol–water partition coefficient (Wildman–Crippen LogP) is 4.17. The third kappa shape index (κ3) is 4.41. The summed E-state index contributed by atoms with van der Waals surface area (Å²) in [7, 11) is 0. The number of halogens is 1.